The molecule has 2 nitrogen and oxygen atoms in total. The molecule has 0 radical (unpaired) electrons. The molecule has 0 spiro atoms. The van der Waals surface area contributed by atoms with E-state index in [0.717, 1.165) is 20.7 Å². The Bertz CT molecular complexity index is 532. The predicted octanol–water partition coefficient (Wildman–Crippen LogP) is 4.76. The second kappa shape index (κ2) is 5.71. The van der Waals surface area contributed by atoms with Crippen LogP contribution in [0, 0.1) is 0 Å². The Morgan fingerprint density at radius 1 is 1.24 bits per heavy atom. The lowest BCUT2D eigenvalue weighted by Gasteiger charge is -2.09. The van der Waals surface area contributed by atoms with Gasteiger partial charge in [0.15, 0.2) is 5.15 Å². The number of pyridine rings is 1. The summed E-state index contributed by atoms with van der Waals surface area (Å²) in [6, 6.07) is 9.56. The van der Waals surface area contributed by atoms with E-state index in [9.17, 15) is 0 Å². The van der Waals surface area contributed by atoms with Gasteiger partial charge in [-0.1, -0.05) is 41.4 Å². The van der Waals surface area contributed by atoms with Gasteiger partial charge in [-0.15, -0.1) is 0 Å². The molecule has 0 unspecified atom stereocenters. The monoisotopic (exact) mass is 330 g/mol. The van der Waals surface area contributed by atoms with Crippen LogP contribution < -0.4 is 5.32 Å². The van der Waals surface area contributed by atoms with Crippen molar-refractivity contribution in [1.82, 2.24) is 4.98 Å². The predicted molar refractivity (Wildman–Crippen MR) is 75.7 cm³/mol. The van der Waals surface area contributed by atoms with Gasteiger partial charge in [-0.25, -0.2) is 4.98 Å². The fraction of sp³-hybridized carbons (Fsp3) is 0.0833. The van der Waals surface area contributed by atoms with Crippen LogP contribution in [0.5, 0.6) is 0 Å². The van der Waals surface area contributed by atoms with Crippen molar-refractivity contribution in [3.05, 3.63) is 56.7 Å². The fourth-order valence-electron chi connectivity index (χ4n) is 1.38. The molecule has 0 aliphatic carbocycles. The van der Waals surface area contributed by atoms with E-state index in [1.54, 1.807) is 6.20 Å². The van der Waals surface area contributed by atoms with Gasteiger partial charge in [0.25, 0.3) is 0 Å². The Kier molecular flexibility index (Phi) is 4.26. The number of halogens is 3. The Hall–Kier alpha value is -0.770. The minimum atomic E-state index is 0.445. The molecule has 1 N–H and O–H groups in total. The zero-order chi connectivity index (χ0) is 12.3. The van der Waals surface area contributed by atoms with E-state index in [0.29, 0.717) is 11.7 Å². The van der Waals surface area contributed by atoms with Crippen LogP contribution in [0.4, 0.5) is 5.69 Å². The highest BCUT2D eigenvalue weighted by Gasteiger charge is 2.03. The van der Waals surface area contributed by atoms with Crippen molar-refractivity contribution in [2.45, 2.75) is 6.54 Å². The number of rotatable bonds is 3. The molecule has 2 aromatic rings. The third-order valence-corrected chi connectivity index (χ3v) is 3.34. The van der Waals surface area contributed by atoms with Crippen LogP contribution in [-0.2, 0) is 6.54 Å². The molecule has 0 aliphatic rings. The molecule has 88 valence electrons. The zero-order valence-corrected chi connectivity index (χ0v) is 11.9. The molecule has 5 heteroatoms. The van der Waals surface area contributed by atoms with Crippen molar-refractivity contribution in [3.8, 4) is 0 Å². The van der Waals surface area contributed by atoms with Gasteiger partial charge >= 0.3 is 0 Å². The second-order valence-electron chi connectivity index (χ2n) is 3.44. The molecule has 0 aliphatic heterocycles. The lowest BCUT2D eigenvalue weighted by atomic mass is 10.2. The van der Waals surface area contributed by atoms with Crippen LogP contribution in [0.3, 0.4) is 0 Å². The first-order valence-corrected chi connectivity index (χ1v) is 6.50. The van der Waals surface area contributed by atoms with Gasteiger partial charge in [0.1, 0.15) is 0 Å². The topological polar surface area (TPSA) is 24.9 Å². The second-order valence-corrected chi connectivity index (χ2v) is 5.12. The first-order valence-electron chi connectivity index (χ1n) is 4.95. The maximum atomic E-state index is 6.06. The minimum Gasteiger partial charge on any atom is -0.378 e. The van der Waals surface area contributed by atoms with E-state index in [1.165, 1.54) is 0 Å². The molecule has 1 aromatic carbocycles. The summed E-state index contributed by atoms with van der Waals surface area (Å²) in [4.78, 5) is 4.04. The van der Waals surface area contributed by atoms with Crippen molar-refractivity contribution in [2.24, 2.45) is 0 Å². The molecule has 0 bridgehead atoms. The first-order chi connectivity index (χ1) is 8.16. The Morgan fingerprint density at radius 3 is 2.76 bits per heavy atom. The van der Waals surface area contributed by atoms with Gasteiger partial charge in [-0.05, 0) is 33.6 Å². The van der Waals surface area contributed by atoms with E-state index >= 15 is 0 Å². The van der Waals surface area contributed by atoms with E-state index in [1.807, 2.05) is 30.3 Å². The molecule has 0 amide bonds. The van der Waals surface area contributed by atoms with E-state index in [-0.39, 0.29) is 0 Å². The number of nitrogens with one attached hydrogen (secondary N) is 1. The Balaban J connectivity index is 2.12. The van der Waals surface area contributed by atoms with Crippen LogP contribution in [0.15, 0.2) is 41.0 Å². The molecule has 0 atom stereocenters. The zero-order valence-electron chi connectivity index (χ0n) is 8.75. The SMILES string of the molecule is Clc1ccccc1CNc1cc(Br)cnc1Cl. The van der Waals surface area contributed by atoms with Gasteiger partial charge in [-0.2, -0.15) is 0 Å². The molecule has 17 heavy (non-hydrogen) atoms. The molecule has 2 rings (SSSR count). The van der Waals surface area contributed by atoms with Gasteiger partial charge in [0, 0.05) is 22.2 Å². The average Bonchev–Trinajstić information content (AvgIpc) is 2.32. The van der Waals surface area contributed by atoms with Crippen LogP contribution in [-0.4, -0.2) is 4.98 Å². The number of aromatic nitrogens is 1. The molecular weight excluding hydrogens is 323 g/mol. The van der Waals surface area contributed by atoms with Crippen molar-refractivity contribution in [2.75, 3.05) is 5.32 Å². The smallest absolute Gasteiger partial charge is 0.152 e. The molecule has 1 aromatic heterocycles. The number of benzene rings is 1. The molecule has 1 heterocycles. The maximum Gasteiger partial charge on any atom is 0.152 e. The molecule has 0 saturated carbocycles. The summed E-state index contributed by atoms with van der Waals surface area (Å²) in [6.07, 6.45) is 1.66. The number of anilines is 1. The lowest BCUT2D eigenvalue weighted by molar-refractivity contribution is 1.13. The van der Waals surface area contributed by atoms with Crippen molar-refractivity contribution >= 4 is 44.8 Å². The van der Waals surface area contributed by atoms with Gasteiger partial charge < -0.3 is 5.32 Å². The highest BCUT2D eigenvalue weighted by Crippen LogP contribution is 2.24. The number of hydrogen-bond donors (Lipinski definition) is 1. The van der Waals surface area contributed by atoms with Crippen LogP contribution in [0.25, 0.3) is 0 Å². The highest BCUT2D eigenvalue weighted by atomic mass is 79.9. The quantitative estimate of drug-likeness (QED) is 0.820. The number of hydrogen-bond acceptors (Lipinski definition) is 2. The van der Waals surface area contributed by atoms with Crippen LogP contribution in [0.1, 0.15) is 5.56 Å². The largest absolute Gasteiger partial charge is 0.378 e. The van der Waals surface area contributed by atoms with Crippen LogP contribution in [0.2, 0.25) is 10.2 Å². The summed E-state index contributed by atoms with van der Waals surface area (Å²) < 4.78 is 0.878. The van der Waals surface area contributed by atoms with Gasteiger partial charge in [0.05, 0.1) is 5.69 Å². The summed E-state index contributed by atoms with van der Waals surface area (Å²) >= 11 is 15.4. The van der Waals surface area contributed by atoms with Crippen molar-refractivity contribution in [1.29, 1.82) is 0 Å². The molecular formula is C12H9BrCl2N2. The summed E-state index contributed by atoms with van der Waals surface area (Å²) in [6.45, 7) is 0.609. The van der Waals surface area contributed by atoms with Crippen molar-refractivity contribution < 1.29 is 0 Å². The van der Waals surface area contributed by atoms with E-state index in [2.05, 4.69) is 26.2 Å². The standard InChI is InChI=1S/C12H9BrCl2N2/c13-9-5-11(12(15)17-7-9)16-6-8-3-1-2-4-10(8)14/h1-5,7,16H,6H2. The van der Waals surface area contributed by atoms with Gasteiger partial charge in [0.2, 0.25) is 0 Å². The first kappa shape index (κ1) is 12.7. The average molecular weight is 332 g/mol. The lowest BCUT2D eigenvalue weighted by Crippen LogP contribution is -2.01. The number of nitrogens with zero attached hydrogens (tertiary/aromatic N) is 1. The van der Waals surface area contributed by atoms with Crippen molar-refractivity contribution in [3.63, 3.8) is 0 Å². The maximum absolute atomic E-state index is 6.06. The molecule has 0 saturated heterocycles. The third-order valence-electron chi connectivity index (χ3n) is 2.23. The van der Waals surface area contributed by atoms with Gasteiger partial charge in [-0.3, -0.25) is 0 Å². The summed E-state index contributed by atoms with van der Waals surface area (Å²) in [5.74, 6) is 0. The Morgan fingerprint density at radius 2 is 2.00 bits per heavy atom. The normalized spacial score (nSPS) is 10.3. The van der Waals surface area contributed by atoms with Crippen LogP contribution >= 0.6 is 39.1 Å². The third kappa shape index (κ3) is 3.35. The fourth-order valence-corrected chi connectivity index (χ4v) is 2.08. The van der Waals surface area contributed by atoms with E-state index < -0.39 is 0 Å². The highest BCUT2D eigenvalue weighted by molar-refractivity contribution is 9.10. The Labute approximate surface area is 118 Å². The summed E-state index contributed by atoms with van der Waals surface area (Å²) in [7, 11) is 0. The summed E-state index contributed by atoms with van der Waals surface area (Å²) in [5.41, 5.74) is 1.80. The van der Waals surface area contributed by atoms with E-state index in [4.69, 9.17) is 23.2 Å². The molecule has 0 fully saturated rings. The summed E-state index contributed by atoms with van der Waals surface area (Å²) in [5, 5.41) is 4.38. The minimum absolute atomic E-state index is 0.445.